The summed E-state index contributed by atoms with van der Waals surface area (Å²) in [5.41, 5.74) is 8.73. The van der Waals surface area contributed by atoms with Gasteiger partial charge >= 0.3 is 11.9 Å². The van der Waals surface area contributed by atoms with Crippen LogP contribution in [0.1, 0.15) is 19.4 Å². The summed E-state index contributed by atoms with van der Waals surface area (Å²) in [6.45, 7) is 2.22. The molecule has 0 saturated carbocycles. The second-order valence-corrected chi connectivity index (χ2v) is 8.24. The molecule has 2 rings (SSSR count). The fourth-order valence-corrected chi connectivity index (χ4v) is 4.72. The lowest BCUT2D eigenvalue weighted by Crippen LogP contribution is -2.59. The second kappa shape index (κ2) is 11.2. The number of ether oxygens (including phenoxy) is 4. The molecule has 1 saturated heterocycles. The van der Waals surface area contributed by atoms with E-state index >= 15 is 0 Å². The summed E-state index contributed by atoms with van der Waals surface area (Å²) in [5.74, 6) is -1.16. The Balaban J connectivity index is 2.43. The van der Waals surface area contributed by atoms with Gasteiger partial charge < -0.3 is 18.9 Å². The first-order valence-corrected chi connectivity index (χ1v) is 10.4. The normalized spacial score (nSPS) is 25.5. The van der Waals surface area contributed by atoms with Crippen LogP contribution in [0.5, 0.6) is 0 Å². The van der Waals surface area contributed by atoms with Crippen LogP contribution in [0.2, 0.25) is 0 Å². The molecule has 1 heterocycles. The Kier molecular flexibility index (Phi) is 8.95. The van der Waals surface area contributed by atoms with E-state index in [2.05, 4.69) is 32.0 Å². The number of azide groups is 1. The van der Waals surface area contributed by atoms with E-state index in [1.54, 1.807) is 18.2 Å². The number of carbonyl (C=O) groups is 2. The molecule has 0 aliphatic carbocycles. The smallest absolute Gasteiger partial charge is 0.303 e. The lowest BCUT2D eigenvalue weighted by atomic mass is 9.97. The number of nitrogens with zero attached hydrogens (tertiary/aromatic N) is 4. The first kappa shape index (κ1) is 24.0. The third-order valence-corrected chi connectivity index (χ3v) is 5.83. The Morgan fingerprint density at radius 3 is 2.67 bits per heavy atom. The Morgan fingerprint density at radius 2 is 2.10 bits per heavy atom. The largest absolute Gasteiger partial charge is 0.463 e. The number of benzene rings is 1. The highest BCUT2D eigenvalue weighted by Crippen LogP contribution is 2.39. The van der Waals surface area contributed by atoms with Crippen LogP contribution >= 0.6 is 27.7 Å². The molecule has 12 heteroatoms. The summed E-state index contributed by atoms with van der Waals surface area (Å²) >= 11 is 4.56. The highest BCUT2D eigenvalue weighted by molar-refractivity contribution is 9.10. The molecule has 0 radical (unpaired) electrons. The van der Waals surface area contributed by atoms with Crippen LogP contribution < -0.4 is 0 Å². The Morgan fingerprint density at radius 1 is 1.37 bits per heavy atom. The molecule has 1 fully saturated rings. The maximum Gasteiger partial charge on any atom is 0.303 e. The first-order valence-electron chi connectivity index (χ1n) is 8.70. The van der Waals surface area contributed by atoms with Crippen LogP contribution in [0.15, 0.2) is 32.7 Å². The molecule has 0 spiro atoms. The number of rotatable bonds is 7. The molecule has 10 nitrogen and oxygen atoms in total. The zero-order valence-electron chi connectivity index (χ0n) is 16.4. The van der Waals surface area contributed by atoms with Gasteiger partial charge in [-0.05, 0) is 23.7 Å². The summed E-state index contributed by atoms with van der Waals surface area (Å²) in [5, 5.41) is 13.2. The standard InChI is InChI=1S/C18H19BrN4O6S/c1-9(24)27-8-13-16(28-10(2)25)15(22-23-21)17(26-3)18(29-13)30-14-6-12(19)5-4-11(14)7-20/h4-6,13,15-18H,8H2,1-3H3/t13?,15?,16-,17?,18+/m0/s1. The molecule has 1 aromatic rings. The maximum absolute atomic E-state index is 11.6. The number of nitriles is 1. The molecule has 0 N–H and O–H groups in total. The molecule has 3 unspecified atom stereocenters. The minimum absolute atomic E-state index is 0.220. The van der Waals surface area contributed by atoms with E-state index < -0.39 is 41.7 Å². The van der Waals surface area contributed by atoms with Gasteiger partial charge in [-0.3, -0.25) is 9.59 Å². The van der Waals surface area contributed by atoms with Crippen molar-refractivity contribution in [3.05, 3.63) is 38.7 Å². The quantitative estimate of drug-likeness (QED) is 0.241. The van der Waals surface area contributed by atoms with E-state index in [0.717, 1.165) is 4.47 Å². The lowest BCUT2D eigenvalue weighted by Gasteiger charge is -2.43. The van der Waals surface area contributed by atoms with Crippen molar-refractivity contribution >= 4 is 39.6 Å². The predicted octanol–water partition coefficient (Wildman–Crippen LogP) is 3.33. The highest BCUT2D eigenvalue weighted by atomic mass is 79.9. The summed E-state index contributed by atoms with van der Waals surface area (Å²) in [4.78, 5) is 26.4. The molecular weight excluding hydrogens is 480 g/mol. The van der Waals surface area contributed by atoms with E-state index in [9.17, 15) is 14.9 Å². The van der Waals surface area contributed by atoms with Gasteiger partial charge in [0.15, 0.2) is 0 Å². The van der Waals surface area contributed by atoms with Gasteiger partial charge in [0.1, 0.15) is 42.5 Å². The van der Waals surface area contributed by atoms with Gasteiger partial charge in [0, 0.05) is 35.2 Å². The molecule has 0 aromatic heterocycles. The summed E-state index contributed by atoms with van der Waals surface area (Å²) in [6.07, 6.45) is -2.75. The third-order valence-electron chi connectivity index (χ3n) is 4.13. The molecule has 160 valence electrons. The van der Waals surface area contributed by atoms with E-state index in [-0.39, 0.29) is 6.61 Å². The van der Waals surface area contributed by atoms with Crippen molar-refractivity contribution in [2.24, 2.45) is 5.11 Å². The topological polar surface area (TPSA) is 144 Å². The van der Waals surface area contributed by atoms with Gasteiger partial charge in [-0.15, -0.1) is 0 Å². The van der Waals surface area contributed by atoms with Crippen LogP contribution in [0.3, 0.4) is 0 Å². The van der Waals surface area contributed by atoms with Crippen LogP contribution in [0, 0.1) is 11.3 Å². The molecule has 5 atom stereocenters. The monoisotopic (exact) mass is 498 g/mol. The van der Waals surface area contributed by atoms with Crippen molar-refractivity contribution in [2.45, 2.75) is 48.5 Å². The van der Waals surface area contributed by atoms with Gasteiger partial charge in [0.2, 0.25) is 0 Å². The second-order valence-electron chi connectivity index (χ2n) is 6.19. The van der Waals surface area contributed by atoms with Crippen molar-refractivity contribution in [3.8, 4) is 6.07 Å². The van der Waals surface area contributed by atoms with Gasteiger partial charge in [-0.25, -0.2) is 0 Å². The molecule has 1 aromatic carbocycles. The lowest BCUT2D eigenvalue weighted by molar-refractivity contribution is -0.196. The zero-order chi connectivity index (χ0) is 22.3. The minimum Gasteiger partial charge on any atom is -0.463 e. The SMILES string of the molecule is COC1C(N=[N+]=[N-])[C@@H](OC(C)=O)C(COC(C)=O)O[C@@H]1Sc1cc(Br)ccc1C#N. The summed E-state index contributed by atoms with van der Waals surface area (Å²) in [7, 11) is 1.41. The Labute approximate surface area is 185 Å². The molecule has 0 bridgehead atoms. The van der Waals surface area contributed by atoms with Crippen LogP contribution in [0.4, 0.5) is 0 Å². The first-order chi connectivity index (χ1) is 14.3. The van der Waals surface area contributed by atoms with Crippen molar-refractivity contribution in [3.63, 3.8) is 0 Å². The Bertz CT molecular complexity index is 888. The fourth-order valence-electron chi connectivity index (χ4n) is 2.91. The van der Waals surface area contributed by atoms with Crippen LogP contribution in [0.25, 0.3) is 10.4 Å². The van der Waals surface area contributed by atoms with E-state index in [1.807, 2.05) is 0 Å². The molecular formula is C18H19BrN4O6S. The van der Waals surface area contributed by atoms with Crippen molar-refractivity contribution < 1.29 is 28.5 Å². The zero-order valence-corrected chi connectivity index (χ0v) is 18.8. The van der Waals surface area contributed by atoms with Crippen molar-refractivity contribution in [1.29, 1.82) is 5.26 Å². The van der Waals surface area contributed by atoms with Crippen molar-refractivity contribution in [2.75, 3.05) is 13.7 Å². The molecule has 0 amide bonds. The van der Waals surface area contributed by atoms with E-state index in [0.29, 0.717) is 10.5 Å². The maximum atomic E-state index is 11.6. The van der Waals surface area contributed by atoms with Crippen LogP contribution in [-0.4, -0.2) is 55.4 Å². The van der Waals surface area contributed by atoms with E-state index in [1.165, 1.54) is 32.7 Å². The number of carbonyl (C=O) groups excluding carboxylic acids is 2. The van der Waals surface area contributed by atoms with Gasteiger partial charge in [-0.1, -0.05) is 32.8 Å². The average Bonchev–Trinajstić information content (AvgIpc) is 2.68. The number of halogens is 1. The minimum atomic E-state index is -1.03. The van der Waals surface area contributed by atoms with Gasteiger partial charge in [-0.2, -0.15) is 5.26 Å². The molecule has 30 heavy (non-hydrogen) atoms. The number of esters is 2. The summed E-state index contributed by atoms with van der Waals surface area (Å²) in [6, 6.07) is 6.30. The van der Waals surface area contributed by atoms with Gasteiger partial charge in [0.05, 0.1) is 5.56 Å². The predicted molar refractivity (Wildman–Crippen MR) is 109 cm³/mol. The third kappa shape index (κ3) is 6.10. The number of hydrogen-bond acceptors (Lipinski definition) is 9. The summed E-state index contributed by atoms with van der Waals surface area (Å²) < 4.78 is 22.7. The average molecular weight is 499 g/mol. The van der Waals surface area contributed by atoms with Crippen LogP contribution in [-0.2, 0) is 28.5 Å². The van der Waals surface area contributed by atoms with Crippen molar-refractivity contribution in [1.82, 2.24) is 0 Å². The highest BCUT2D eigenvalue weighted by Gasteiger charge is 2.48. The number of hydrogen-bond donors (Lipinski definition) is 0. The molecule has 1 aliphatic rings. The number of thioether (sulfide) groups is 1. The fraction of sp³-hybridized carbons (Fsp3) is 0.500. The van der Waals surface area contributed by atoms with Gasteiger partial charge in [0.25, 0.3) is 0 Å². The Hall–Kier alpha value is -2.29. The van der Waals surface area contributed by atoms with E-state index in [4.69, 9.17) is 24.5 Å². The molecule has 1 aliphatic heterocycles. The number of methoxy groups -OCH3 is 1.